The summed E-state index contributed by atoms with van der Waals surface area (Å²) in [5, 5.41) is 3.97. The molecule has 2 rings (SSSR count). The number of aryl methyl sites for hydroxylation is 1. The van der Waals surface area contributed by atoms with E-state index in [4.69, 9.17) is 0 Å². The van der Waals surface area contributed by atoms with Gasteiger partial charge in [0, 0.05) is 10.2 Å². The SMILES string of the molecule is Cc1ccc(C=NNC(=O)CSCc2ccccc2Br)cc1. The number of nitrogens with zero attached hydrogens (tertiary/aromatic N) is 1. The minimum Gasteiger partial charge on any atom is -0.272 e. The van der Waals surface area contributed by atoms with Crippen molar-refractivity contribution >= 4 is 39.8 Å². The summed E-state index contributed by atoms with van der Waals surface area (Å²) in [5.74, 6) is 1.07. The normalized spacial score (nSPS) is 10.8. The Labute approximate surface area is 143 Å². The second-order valence-electron chi connectivity index (χ2n) is 4.79. The molecule has 22 heavy (non-hydrogen) atoms. The van der Waals surface area contributed by atoms with E-state index in [1.807, 2.05) is 55.5 Å². The third kappa shape index (κ3) is 5.66. The van der Waals surface area contributed by atoms with E-state index in [0.29, 0.717) is 5.75 Å². The van der Waals surface area contributed by atoms with Crippen molar-refractivity contribution in [3.63, 3.8) is 0 Å². The second kappa shape index (κ2) is 8.76. The third-order valence-electron chi connectivity index (χ3n) is 2.93. The van der Waals surface area contributed by atoms with Crippen LogP contribution in [0.25, 0.3) is 0 Å². The molecule has 0 unspecified atom stereocenters. The Bertz CT molecular complexity index is 656. The zero-order chi connectivity index (χ0) is 15.8. The van der Waals surface area contributed by atoms with E-state index in [-0.39, 0.29) is 5.91 Å². The van der Waals surface area contributed by atoms with Crippen molar-refractivity contribution in [1.29, 1.82) is 0 Å². The van der Waals surface area contributed by atoms with E-state index < -0.39 is 0 Å². The molecule has 0 bridgehead atoms. The van der Waals surface area contributed by atoms with Gasteiger partial charge in [-0.3, -0.25) is 4.79 Å². The molecule has 2 aromatic carbocycles. The van der Waals surface area contributed by atoms with E-state index >= 15 is 0 Å². The number of rotatable bonds is 6. The molecule has 0 heterocycles. The van der Waals surface area contributed by atoms with Gasteiger partial charge in [-0.25, -0.2) is 5.43 Å². The number of amides is 1. The Balaban J connectivity index is 1.72. The first-order chi connectivity index (χ1) is 10.6. The Morgan fingerprint density at radius 2 is 1.95 bits per heavy atom. The van der Waals surface area contributed by atoms with Crippen LogP contribution < -0.4 is 5.43 Å². The van der Waals surface area contributed by atoms with Gasteiger partial charge < -0.3 is 0 Å². The van der Waals surface area contributed by atoms with Crippen molar-refractivity contribution in [1.82, 2.24) is 5.43 Å². The van der Waals surface area contributed by atoms with Crippen LogP contribution in [0, 0.1) is 6.92 Å². The molecular weight excluding hydrogens is 360 g/mol. The summed E-state index contributed by atoms with van der Waals surface area (Å²) in [6.45, 7) is 2.03. The van der Waals surface area contributed by atoms with Gasteiger partial charge in [0.2, 0.25) is 5.91 Å². The Hall–Kier alpha value is -1.59. The van der Waals surface area contributed by atoms with Crippen LogP contribution in [-0.2, 0) is 10.5 Å². The van der Waals surface area contributed by atoms with Gasteiger partial charge in [-0.2, -0.15) is 5.10 Å². The maximum Gasteiger partial charge on any atom is 0.250 e. The molecule has 0 fully saturated rings. The average Bonchev–Trinajstić information content (AvgIpc) is 2.51. The molecule has 114 valence electrons. The fourth-order valence-electron chi connectivity index (χ4n) is 1.73. The van der Waals surface area contributed by atoms with Crippen LogP contribution in [0.3, 0.4) is 0 Å². The van der Waals surface area contributed by atoms with Crippen LogP contribution in [0.2, 0.25) is 0 Å². The van der Waals surface area contributed by atoms with Gasteiger partial charge in [0.15, 0.2) is 0 Å². The molecular formula is C17H17BrN2OS. The van der Waals surface area contributed by atoms with Gasteiger partial charge in [0.05, 0.1) is 12.0 Å². The lowest BCUT2D eigenvalue weighted by molar-refractivity contribution is -0.118. The molecule has 0 aliphatic rings. The van der Waals surface area contributed by atoms with Crippen molar-refractivity contribution in [2.24, 2.45) is 5.10 Å². The average molecular weight is 377 g/mol. The standard InChI is InChI=1S/C17H17BrN2OS/c1-13-6-8-14(9-7-13)10-19-20-17(21)12-22-11-15-4-2-3-5-16(15)18/h2-10H,11-12H2,1H3,(H,20,21). The number of hydrogen-bond donors (Lipinski definition) is 1. The van der Waals surface area contributed by atoms with E-state index in [0.717, 1.165) is 15.8 Å². The molecule has 0 radical (unpaired) electrons. The van der Waals surface area contributed by atoms with Crippen LogP contribution in [-0.4, -0.2) is 17.9 Å². The summed E-state index contributed by atoms with van der Waals surface area (Å²) in [7, 11) is 0. The highest BCUT2D eigenvalue weighted by molar-refractivity contribution is 9.10. The van der Waals surface area contributed by atoms with Crippen molar-refractivity contribution in [3.8, 4) is 0 Å². The number of halogens is 1. The van der Waals surface area contributed by atoms with Crippen LogP contribution in [0.4, 0.5) is 0 Å². The Kier molecular flexibility index (Phi) is 6.68. The summed E-state index contributed by atoms with van der Waals surface area (Å²) in [6.07, 6.45) is 1.65. The minimum atomic E-state index is -0.0968. The quantitative estimate of drug-likeness (QED) is 0.607. The number of hydrazone groups is 1. The first-order valence-electron chi connectivity index (χ1n) is 6.85. The van der Waals surface area contributed by atoms with Crippen molar-refractivity contribution in [2.45, 2.75) is 12.7 Å². The van der Waals surface area contributed by atoms with Crippen molar-refractivity contribution in [2.75, 3.05) is 5.75 Å². The third-order valence-corrected chi connectivity index (χ3v) is 4.68. The molecule has 1 amide bonds. The Morgan fingerprint density at radius 3 is 2.68 bits per heavy atom. The number of nitrogens with one attached hydrogen (secondary N) is 1. The van der Waals surface area contributed by atoms with Crippen LogP contribution in [0.5, 0.6) is 0 Å². The van der Waals surface area contributed by atoms with Gasteiger partial charge in [0.1, 0.15) is 0 Å². The van der Waals surface area contributed by atoms with Gasteiger partial charge in [-0.15, -0.1) is 11.8 Å². The summed E-state index contributed by atoms with van der Waals surface area (Å²) in [4.78, 5) is 11.7. The number of carbonyl (C=O) groups is 1. The predicted octanol–water partition coefficient (Wildman–Crippen LogP) is 4.14. The summed E-state index contributed by atoms with van der Waals surface area (Å²) >= 11 is 5.06. The topological polar surface area (TPSA) is 41.5 Å². The van der Waals surface area contributed by atoms with E-state index in [1.165, 1.54) is 11.1 Å². The maximum absolute atomic E-state index is 11.7. The lowest BCUT2D eigenvalue weighted by atomic mass is 10.2. The summed E-state index contributed by atoms with van der Waals surface area (Å²) in [5.41, 5.74) is 5.89. The predicted molar refractivity (Wildman–Crippen MR) is 97.2 cm³/mol. The fraction of sp³-hybridized carbons (Fsp3) is 0.176. The summed E-state index contributed by atoms with van der Waals surface area (Å²) in [6, 6.07) is 16.0. The van der Waals surface area contributed by atoms with Crippen LogP contribution in [0.1, 0.15) is 16.7 Å². The molecule has 0 aliphatic heterocycles. The van der Waals surface area contributed by atoms with Gasteiger partial charge in [-0.1, -0.05) is 64.0 Å². The first kappa shape index (κ1) is 16.8. The Morgan fingerprint density at radius 1 is 1.23 bits per heavy atom. The molecule has 2 aromatic rings. The zero-order valence-electron chi connectivity index (χ0n) is 12.3. The molecule has 0 saturated carbocycles. The van der Waals surface area contributed by atoms with E-state index in [2.05, 4.69) is 26.5 Å². The highest BCUT2D eigenvalue weighted by atomic mass is 79.9. The fourth-order valence-corrected chi connectivity index (χ4v) is 3.17. The number of hydrogen-bond acceptors (Lipinski definition) is 3. The monoisotopic (exact) mass is 376 g/mol. The minimum absolute atomic E-state index is 0.0968. The highest BCUT2D eigenvalue weighted by Gasteiger charge is 2.02. The molecule has 3 nitrogen and oxygen atoms in total. The number of carbonyl (C=O) groups excluding carboxylic acids is 1. The van der Waals surface area contributed by atoms with E-state index in [1.54, 1.807) is 18.0 Å². The molecule has 0 aromatic heterocycles. The smallest absolute Gasteiger partial charge is 0.250 e. The van der Waals surface area contributed by atoms with Crippen molar-refractivity contribution < 1.29 is 4.79 Å². The molecule has 0 aliphatic carbocycles. The molecule has 1 N–H and O–H groups in total. The van der Waals surface area contributed by atoms with Gasteiger partial charge in [-0.05, 0) is 24.1 Å². The van der Waals surface area contributed by atoms with E-state index in [9.17, 15) is 4.79 Å². The van der Waals surface area contributed by atoms with Gasteiger partial charge in [0.25, 0.3) is 0 Å². The molecule has 0 spiro atoms. The van der Waals surface area contributed by atoms with Crippen LogP contribution in [0.15, 0.2) is 58.1 Å². The summed E-state index contributed by atoms with van der Waals surface area (Å²) < 4.78 is 1.07. The molecule has 0 saturated heterocycles. The lowest BCUT2D eigenvalue weighted by Crippen LogP contribution is -2.19. The number of thioether (sulfide) groups is 1. The molecule has 5 heteroatoms. The first-order valence-corrected chi connectivity index (χ1v) is 8.79. The number of benzene rings is 2. The lowest BCUT2D eigenvalue weighted by Gasteiger charge is -2.03. The van der Waals surface area contributed by atoms with Crippen molar-refractivity contribution in [3.05, 3.63) is 69.7 Å². The maximum atomic E-state index is 11.7. The second-order valence-corrected chi connectivity index (χ2v) is 6.63. The largest absolute Gasteiger partial charge is 0.272 e. The highest BCUT2D eigenvalue weighted by Crippen LogP contribution is 2.20. The van der Waals surface area contributed by atoms with Gasteiger partial charge >= 0.3 is 0 Å². The zero-order valence-corrected chi connectivity index (χ0v) is 14.7. The molecule has 0 atom stereocenters. The van der Waals surface area contributed by atoms with Crippen LogP contribution >= 0.6 is 27.7 Å².